The molecule has 1 unspecified atom stereocenters. The summed E-state index contributed by atoms with van der Waals surface area (Å²) >= 11 is 0. The van der Waals surface area contributed by atoms with Gasteiger partial charge < -0.3 is 9.64 Å². The molecule has 140 valence electrons. The van der Waals surface area contributed by atoms with E-state index in [1.165, 1.54) is 18.5 Å². The number of hydrogen-bond acceptors (Lipinski definition) is 3. The number of anilines is 1. The topological polar surface area (TPSA) is 29.5 Å². The molecule has 1 atom stereocenters. The second-order valence-corrected chi connectivity index (χ2v) is 8.85. The smallest absolute Gasteiger partial charge is 0.122 e. The van der Waals surface area contributed by atoms with E-state index in [0.29, 0.717) is 5.92 Å². The van der Waals surface area contributed by atoms with Gasteiger partial charge >= 0.3 is 0 Å². The minimum Gasteiger partial charge on any atom is -0.496 e. The lowest BCUT2D eigenvalue weighted by molar-refractivity contribution is 0.407. The van der Waals surface area contributed by atoms with Gasteiger partial charge in [0, 0.05) is 28.6 Å². The van der Waals surface area contributed by atoms with Gasteiger partial charge in [0.1, 0.15) is 5.75 Å². The summed E-state index contributed by atoms with van der Waals surface area (Å²) in [4.78, 5) is 4.21. The Kier molecular flexibility index (Phi) is 5.71. The number of rotatable bonds is 5. The summed E-state index contributed by atoms with van der Waals surface area (Å²) in [6.07, 6.45) is 2.52. The van der Waals surface area contributed by atoms with Gasteiger partial charge in [0.15, 0.2) is 0 Å². The third-order valence-corrected chi connectivity index (χ3v) is 6.84. The first-order chi connectivity index (χ1) is 12.4. The molecule has 0 aromatic heterocycles. The zero-order valence-electron chi connectivity index (χ0n) is 16.5. The summed E-state index contributed by atoms with van der Waals surface area (Å²) in [5.41, 5.74) is 4.57. The van der Waals surface area contributed by atoms with Crippen molar-refractivity contribution in [2.75, 3.05) is 25.1 Å². The minimum atomic E-state index is -1.19. The van der Waals surface area contributed by atoms with Crippen molar-refractivity contribution in [3.63, 3.8) is 0 Å². The lowest BCUT2D eigenvalue weighted by Gasteiger charge is -2.21. The third-order valence-electron chi connectivity index (χ3n) is 5.14. The molecule has 1 fully saturated rings. The molecule has 3 rings (SSSR count). The first-order valence-electron chi connectivity index (χ1n) is 9.38. The molecule has 2 aromatic rings. The van der Waals surface area contributed by atoms with Crippen LogP contribution in [0.3, 0.4) is 0 Å². The Bertz CT molecular complexity index is 800. The highest BCUT2D eigenvalue weighted by Crippen LogP contribution is 2.33. The zero-order chi connectivity index (χ0) is 18.8. The van der Waals surface area contributed by atoms with Crippen molar-refractivity contribution in [3.8, 4) is 5.75 Å². The average molecular weight is 372 g/mol. The van der Waals surface area contributed by atoms with Crippen molar-refractivity contribution in [2.45, 2.75) is 56.2 Å². The maximum absolute atomic E-state index is 13.4. The molecular formula is C22H29NO2S. The minimum absolute atomic E-state index is 0.321. The number of hydrogen-bond donors (Lipinski definition) is 0. The maximum atomic E-state index is 13.4. The normalized spacial score (nSPS) is 15.5. The van der Waals surface area contributed by atoms with E-state index < -0.39 is 10.8 Å². The molecule has 0 aliphatic carbocycles. The van der Waals surface area contributed by atoms with E-state index in [9.17, 15) is 4.21 Å². The van der Waals surface area contributed by atoms with Crippen LogP contribution in [0.2, 0.25) is 0 Å². The van der Waals surface area contributed by atoms with Crippen LogP contribution in [0.1, 0.15) is 49.3 Å². The van der Waals surface area contributed by atoms with E-state index in [1.54, 1.807) is 7.11 Å². The highest BCUT2D eigenvalue weighted by molar-refractivity contribution is 7.85. The lowest BCUT2D eigenvalue weighted by atomic mass is 10.0. The van der Waals surface area contributed by atoms with E-state index in [0.717, 1.165) is 45.3 Å². The Hall–Kier alpha value is -1.81. The fraction of sp³-hybridized carbons (Fsp3) is 0.455. The van der Waals surface area contributed by atoms with Crippen LogP contribution in [0.15, 0.2) is 40.1 Å². The molecule has 4 heteroatoms. The standard InChI is InChI=1S/C22H29NO2S/c1-15(2)20-14-19(8-9-21(20)25-5)26(24)22-16(3)12-18(13-17(22)4)23-10-6-7-11-23/h8-9,12-15H,6-7,10-11H2,1-5H3. The second-order valence-electron chi connectivity index (χ2n) is 7.43. The van der Waals surface area contributed by atoms with Crippen molar-refractivity contribution in [1.29, 1.82) is 0 Å². The van der Waals surface area contributed by atoms with E-state index in [2.05, 4.69) is 44.7 Å². The quantitative estimate of drug-likeness (QED) is 0.723. The molecule has 0 amide bonds. The Morgan fingerprint density at radius 3 is 2.19 bits per heavy atom. The molecule has 0 radical (unpaired) electrons. The molecule has 0 bridgehead atoms. The predicted molar refractivity (Wildman–Crippen MR) is 109 cm³/mol. The Morgan fingerprint density at radius 1 is 1.04 bits per heavy atom. The van der Waals surface area contributed by atoms with Crippen LogP contribution in [-0.2, 0) is 10.8 Å². The third kappa shape index (κ3) is 3.66. The fourth-order valence-electron chi connectivity index (χ4n) is 3.77. The van der Waals surface area contributed by atoms with Gasteiger partial charge in [0.25, 0.3) is 0 Å². The summed E-state index contributed by atoms with van der Waals surface area (Å²) in [7, 11) is 0.493. The first kappa shape index (κ1) is 19.0. The van der Waals surface area contributed by atoms with Crippen LogP contribution in [0.25, 0.3) is 0 Å². The number of nitrogens with zero attached hydrogens (tertiary/aromatic N) is 1. The van der Waals surface area contributed by atoms with Crippen molar-refractivity contribution < 1.29 is 8.95 Å². The van der Waals surface area contributed by atoms with Gasteiger partial charge in [-0.3, -0.25) is 0 Å². The molecule has 1 aliphatic heterocycles. The number of benzene rings is 2. The predicted octanol–water partition coefficient (Wildman–Crippen LogP) is 5.20. The van der Waals surface area contributed by atoms with Crippen molar-refractivity contribution in [2.24, 2.45) is 0 Å². The molecule has 1 aliphatic rings. The Balaban J connectivity index is 1.98. The summed E-state index contributed by atoms with van der Waals surface area (Å²) in [5.74, 6) is 1.18. The van der Waals surface area contributed by atoms with Crippen LogP contribution < -0.4 is 9.64 Å². The van der Waals surface area contributed by atoms with Crippen molar-refractivity contribution >= 4 is 16.5 Å². The molecule has 0 saturated carbocycles. The first-order valence-corrected chi connectivity index (χ1v) is 10.5. The monoisotopic (exact) mass is 371 g/mol. The fourth-order valence-corrected chi connectivity index (χ4v) is 5.14. The van der Waals surface area contributed by atoms with Gasteiger partial charge in [-0.2, -0.15) is 0 Å². The maximum Gasteiger partial charge on any atom is 0.122 e. The van der Waals surface area contributed by atoms with Gasteiger partial charge in [-0.05, 0) is 79.6 Å². The molecule has 0 N–H and O–H groups in total. The molecule has 2 aromatic carbocycles. The van der Waals surface area contributed by atoms with E-state index in [4.69, 9.17) is 4.74 Å². The highest BCUT2D eigenvalue weighted by Gasteiger charge is 2.19. The summed E-state index contributed by atoms with van der Waals surface area (Å²) in [6, 6.07) is 10.3. The van der Waals surface area contributed by atoms with Gasteiger partial charge in [-0.25, -0.2) is 4.21 Å². The molecule has 26 heavy (non-hydrogen) atoms. The van der Waals surface area contributed by atoms with E-state index >= 15 is 0 Å². The van der Waals surface area contributed by atoms with Crippen LogP contribution >= 0.6 is 0 Å². The van der Waals surface area contributed by atoms with Crippen LogP contribution in [0, 0.1) is 13.8 Å². The summed E-state index contributed by atoms with van der Waals surface area (Å²) in [5, 5.41) is 0. The molecule has 1 saturated heterocycles. The molecule has 0 spiro atoms. The van der Waals surface area contributed by atoms with Gasteiger partial charge in [0.2, 0.25) is 0 Å². The summed E-state index contributed by atoms with van der Waals surface area (Å²) < 4.78 is 18.8. The van der Waals surface area contributed by atoms with Crippen molar-refractivity contribution in [1.82, 2.24) is 0 Å². The highest BCUT2D eigenvalue weighted by atomic mass is 32.2. The van der Waals surface area contributed by atoms with Crippen LogP contribution in [-0.4, -0.2) is 24.4 Å². The molecular weight excluding hydrogens is 342 g/mol. The number of methoxy groups -OCH3 is 1. The SMILES string of the molecule is COc1ccc(S(=O)c2c(C)cc(N3CCCC3)cc2C)cc1C(C)C. The largest absolute Gasteiger partial charge is 0.496 e. The molecule has 1 heterocycles. The van der Waals surface area contributed by atoms with Crippen LogP contribution in [0.5, 0.6) is 5.75 Å². The second kappa shape index (κ2) is 7.83. The van der Waals surface area contributed by atoms with E-state index in [-0.39, 0.29) is 0 Å². The Labute approximate surface area is 159 Å². The number of ether oxygens (including phenoxy) is 1. The Morgan fingerprint density at radius 2 is 1.65 bits per heavy atom. The molecule has 3 nitrogen and oxygen atoms in total. The number of aryl methyl sites for hydroxylation is 2. The van der Waals surface area contributed by atoms with Gasteiger partial charge in [-0.1, -0.05) is 13.8 Å². The summed E-state index contributed by atoms with van der Waals surface area (Å²) in [6.45, 7) is 10.7. The van der Waals surface area contributed by atoms with Gasteiger partial charge in [0.05, 0.1) is 17.9 Å². The van der Waals surface area contributed by atoms with Crippen LogP contribution in [0.4, 0.5) is 5.69 Å². The average Bonchev–Trinajstić information content (AvgIpc) is 3.15. The lowest BCUT2D eigenvalue weighted by Crippen LogP contribution is -2.18. The van der Waals surface area contributed by atoms with Gasteiger partial charge in [-0.15, -0.1) is 0 Å². The van der Waals surface area contributed by atoms with Crippen molar-refractivity contribution in [3.05, 3.63) is 47.0 Å². The van der Waals surface area contributed by atoms with E-state index in [1.807, 2.05) is 18.2 Å². The zero-order valence-corrected chi connectivity index (χ0v) is 17.3.